The Hall–Kier alpha value is -4.41. The summed E-state index contributed by atoms with van der Waals surface area (Å²) in [6, 6.07) is 0.992. The van der Waals surface area contributed by atoms with Gasteiger partial charge in [0.05, 0.1) is 30.8 Å². The topological polar surface area (TPSA) is 194 Å². The minimum absolute atomic E-state index is 0.148. The molecule has 0 unspecified atom stereocenters. The summed E-state index contributed by atoms with van der Waals surface area (Å²) in [6.45, 7) is 6.24. The molecule has 0 saturated carbocycles. The first-order valence-corrected chi connectivity index (χ1v) is 13.6. The number of nitrogens with zero attached hydrogens (tertiary/aromatic N) is 7. The lowest BCUT2D eigenvalue weighted by Crippen LogP contribution is -2.45. The first kappa shape index (κ1) is 38.8. The predicted octanol–water partition coefficient (Wildman–Crippen LogP) is 4.97. The van der Waals surface area contributed by atoms with E-state index in [1.54, 1.807) is 0 Å². The van der Waals surface area contributed by atoms with E-state index in [1.807, 2.05) is 11.9 Å². The molecule has 23 heteroatoms. The highest BCUT2D eigenvalue weighted by Gasteiger charge is 2.40. The summed E-state index contributed by atoms with van der Waals surface area (Å²) < 4.78 is 75.5. The number of piperazine rings is 2. The molecule has 2 aromatic rings. The molecule has 0 aromatic heterocycles. The second kappa shape index (κ2) is 15.9. The molecule has 1 N–H and O–H groups in total. The lowest BCUT2D eigenvalue weighted by atomic mass is 10.1. The summed E-state index contributed by atoms with van der Waals surface area (Å²) in [6.07, 6.45) is -9.84. The third-order valence-electron chi connectivity index (χ3n) is 6.71. The summed E-state index contributed by atoms with van der Waals surface area (Å²) in [4.78, 5) is 44.3. The average Bonchev–Trinajstić information content (AvgIpc) is 2.96. The van der Waals surface area contributed by atoms with Gasteiger partial charge in [0.2, 0.25) is 0 Å². The van der Waals surface area contributed by atoms with Gasteiger partial charge in [-0.1, -0.05) is 11.6 Å². The van der Waals surface area contributed by atoms with E-state index in [2.05, 4.69) is 17.3 Å². The van der Waals surface area contributed by atoms with E-state index in [0.717, 1.165) is 13.1 Å². The van der Waals surface area contributed by atoms with Gasteiger partial charge in [0.25, 0.3) is 22.7 Å². The fourth-order valence-corrected chi connectivity index (χ4v) is 4.45. The van der Waals surface area contributed by atoms with Crippen molar-refractivity contribution in [3.05, 3.63) is 80.9 Å². The Labute approximate surface area is 266 Å². The van der Waals surface area contributed by atoms with Crippen LogP contribution >= 0.6 is 11.6 Å². The molecular formula is C24H27ClF6N8O8. The van der Waals surface area contributed by atoms with E-state index >= 15 is 0 Å². The zero-order valence-electron chi connectivity index (χ0n) is 24.5. The molecule has 0 radical (unpaired) electrons. The van der Waals surface area contributed by atoms with Gasteiger partial charge in [-0.3, -0.25) is 40.5 Å². The second-order valence-corrected chi connectivity index (χ2v) is 10.4. The Kier molecular flexibility index (Phi) is 13.1. The first-order valence-electron chi connectivity index (χ1n) is 13.2. The van der Waals surface area contributed by atoms with Crippen LogP contribution in [0.4, 0.5) is 54.8 Å². The highest BCUT2D eigenvalue weighted by atomic mass is 35.5. The van der Waals surface area contributed by atoms with Crippen LogP contribution in [0.3, 0.4) is 0 Å². The molecule has 16 nitrogen and oxygen atoms in total. The van der Waals surface area contributed by atoms with Gasteiger partial charge in [0, 0.05) is 76.6 Å². The number of hydrogen-bond acceptors (Lipinski definition) is 12. The highest BCUT2D eigenvalue weighted by molar-refractivity contribution is 6.34. The fraction of sp³-hybridized carbons (Fsp3) is 0.500. The Morgan fingerprint density at radius 2 is 0.936 bits per heavy atom. The normalized spacial score (nSPS) is 15.9. The van der Waals surface area contributed by atoms with Crippen molar-refractivity contribution in [1.29, 1.82) is 0 Å². The van der Waals surface area contributed by atoms with Gasteiger partial charge < -0.3 is 20.0 Å². The number of alkyl halides is 6. The number of anilines is 1. The van der Waals surface area contributed by atoms with Crippen LogP contribution < -0.4 is 10.2 Å². The van der Waals surface area contributed by atoms with Gasteiger partial charge in [0.15, 0.2) is 10.7 Å². The smallest absolute Gasteiger partial charge is 0.358 e. The van der Waals surface area contributed by atoms with Gasteiger partial charge in [-0.15, -0.1) is 0 Å². The van der Waals surface area contributed by atoms with Crippen molar-refractivity contribution in [2.45, 2.75) is 12.4 Å². The summed E-state index contributed by atoms with van der Waals surface area (Å²) in [5.41, 5.74) is -7.41. The molecule has 2 aliphatic heterocycles. The standard InChI is InChI=1S/C12H13F3N4O4.C7H2ClF3N2O4.C5H12N2/c1-16-2-4-17(5-3-16)11-9(18(20)21)6-8(12(13,14)15)7-10(11)19(22)23;8-6-4(12(14)15)1-3(7(9,10)11)2-5(6)13(16)17;1-7-4-2-6-3-5-7/h6-7H,2-5H2,1H3;1-2H;6H,2-5H2,1H3. The number of likely N-dealkylation sites (N-methyl/N-ethyl adjacent to an activating group) is 2. The van der Waals surface area contributed by atoms with Crippen molar-refractivity contribution < 1.29 is 46.0 Å². The fourth-order valence-electron chi connectivity index (χ4n) is 4.20. The summed E-state index contributed by atoms with van der Waals surface area (Å²) in [7, 11) is 3.97. The summed E-state index contributed by atoms with van der Waals surface area (Å²) in [5.74, 6) is 0. The van der Waals surface area contributed by atoms with E-state index in [4.69, 9.17) is 11.6 Å². The van der Waals surface area contributed by atoms with Crippen molar-refractivity contribution in [3.63, 3.8) is 0 Å². The molecule has 2 heterocycles. The number of hydrogen-bond donors (Lipinski definition) is 1. The molecule has 2 aromatic carbocycles. The van der Waals surface area contributed by atoms with E-state index < -0.39 is 70.9 Å². The highest BCUT2D eigenvalue weighted by Crippen LogP contribution is 2.43. The summed E-state index contributed by atoms with van der Waals surface area (Å²) in [5, 5.41) is 45.5. The van der Waals surface area contributed by atoms with Gasteiger partial charge >= 0.3 is 12.4 Å². The molecule has 260 valence electrons. The molecule has 0 atom stereocenters. The van der Waals surface area contributed by atoms with Gasteiger partial charge in [-0.2, -0.15) is 26.3 Å². The van der Waals surface area contributed by atoms with Crippen LogP contribution in [0.5, 0.6) is 0 Å². The minimum Gasteiger partial charge on any atom is -0.358 e. The number of nitro benzene ring substituents is 4. The van der Waals surface area contributed by atoms with Gasteiger partial charge in [-0.25, -0.2) is 0 Å². The summed E-state index contributed by atoms with van der Waals surface area (Å²) >= 11 is 5.27. The third-order valence-corrected chi connectivity index (χ3v) is 7.09. The molecule has 4 rings (SSSR count). The van der Waals surface area contributed by atoms with E-state index in [-0.39, 0.29) is 30.9 Å². The maximum Gasteiger partial charge on any atom is 0.416 e. The Balaban J connectivity index is 0.000000279. The zero-order valence-corrected chi connectivity index (χ0v) is 25.3. The maximum absolute atomic E-state index is 12.8. The number of nitro groups is 4. The molecule has 0 amide bonds. The Bertz CT molecular complexity index is 1410. The van der Waals surface area contributed by atoms with Crippen LogP contribution in [0.1, 0.15) is 11.1 Å². The van der Waals surface area contributed by atoms with Crippen LogP contribution in [0.25, 0.3) is 0 Å². The van der Waals surface area contributed by atoms with Crippen molar-refractivity contribution in [1.82, 2.24) is 15.1 Å². The van der Waals surface area contributed by atoms with Crippen molar-refractivity contribution in [2.75, 3.05) is 71.4 Å². The monoisotopic (exact) mass is 704 g/mol. The second-order valence-electron chi connectivity index (χ2n) is 10.1. The quantitative estimate of drug-likeness (QED) is 0.250. The van der Waals surface area contributed by atoms with Gasteiger partial charge in [0.1, 0.15) is 0 Å². The van der Waals surface area contributed by atoms with E-state index in [0.29, 0.717) is 25.2 Å². The zero-order chi connectivity index (χ0) is 35.9. The molecule has 2 aliphatic rings. The van der Waals surface area contributed by atoms with E-state index in [9.17, 15) is 66.8 Å². The lowest BCUT2D eigenvalue weighted by molar-refractivity contribution is -0.394. The van der Waals surface area contributed by atoms with Crippen LogP contribution in [-0.2, 0) is 12.4 Å². The predicted molar refractivity (Wildman–Crippen MR) is 155 cm³/mol. The SMILES string of the molecule is CN1CCN(c2c([N+](=O)[O-])cc(C(F)(F)F)cc2[N+](=O)[O-])CC1.CN1CCNCC1.O=[N+]([O-])c1cc(C(F)(F)F)cc([N+](=O)[O-])c1Cl. The van der Waals surface area contributed by atoms with Crippen molar-refractivity contribution in [2.24, 2.45) is 0 Å². The maximum atomic E-state index is 12.8. The molecule has 0 spiro atoms. The van der Waals surface area contributed by atoms with Crippen LogP contribution in [-0.4, -0.2) is 95.9 Å². The Morgan fingerprint density at radius 1 is 0.617 bits per heavy atom. The molecule has 0 aliphatic carbocycles. The first-order chi connectivity index (χ1) is 21.6. The number of benzene rings is 2. The molecule has 2 saturated heterocycles. The van der Waals surface area contributed by atoms with Crippen molar-refractivity contribution >= 4 is 40.0 Å². The lowest BCUT2D eigenvalue weighted by Gasteiger charge is -2.33. The molecule has 47 heavy (non-hydrogen) atoms. The van der Waals surface area contributed by atoms with Crippen molar-refractivity contribution in [3.8, 4) is 0 Å². The van der Waals surface area contributed by atoms with Crippen LogP contribution in [0, 0.1) is 40.5 Å². The molecular weight excluding hydrogens is 678 g/mol. The number of halogens is 7. The largest absolute Gasteiger partial charge is 0.416 e. The minimum atomic E-state index is -4.93. The average molecular weight is 705 g/mol. The molecule has 0 bridgehead atoms. The Morgan fingerprint density at radius 3 is 1.21 bits per heavy atom. The van der Waals surface area contributed by atoms with E-state index in [1.165, 1.54) is 18.0 Å². The number of nitrogens with one attached hydrogen (secondary N) is 1. The van der Waals surface area contributed by atoms with Crippen LogP contribution in [0.15, 0.2) is 24.3 Å². The van der Waals surface area contributed by atoms with Gasteiger partial charge in [-0.05, 0) is 14.1 Å². The molecule has 2 fully saturated rings. The third kappa shape index (κ3) is 10.8. The number of rotatable bonds is 5. The van der Waals surface area contributed by atoms with Crippen LogP contribution in [0.2, 0.25) is 5.02 Å².